The van der Waals surface area contributed by atoms with Crippen LogP contribution in [0.5, 0.6) is 0 Å². The molecule has 0 aliphatic rings. The van der Waals surface area contributed by atoms with E-state index in [0.717, 1.165) is 29.4 Å². The molecular weight excluding hydrogens is 258 g/mol. The highest BCUT2D eigenvalue weighted by Gasteiger charge is 2.04. The first-order chi connectivity index (χ1) is 9.13. The molecule has 0 saturated heterocycles. The van der Waals surface area contributed by atoms with Gasteiger partial charge in [-0.15, -0.1) is 0 Å². The number of aromatic nitrogens is 2. The van der Waals surface area contributed by atoms with Crippen molar-refractivity contribution >= 4 is 11.6 Å². The van der Waals surface area contributed by atoms with Gasteiger partial charge in [0.25, 0.3) is 0 Å². The van der Waals surface area contributed by atoms with Gasteiger partial charge in [0.05, 0.1) is 11.4 Å². The van der Waals surface area contributed by atoms with Gasteiger partial charge in [0.2, 0.25) is 0 Å². The van der Waals surface area contributed by atoms with Gasteiger partial charge in [-0.3, -0.25) is 9.97 Å². The summed E-state index contributed by atoms with van der Waals surface area (Å²) in [5.41, 5.74) is 3.19. The molecule has 0 aliphatic carbocycles. The highest BCUT2D eigenvalue weighted by atomic mass is 35.5. The van der Waals surface area contributed by atoms with Crippen LogP contribution in [0.3, 0.4) is 0 Å². The van der Waals surface area contributed by atoms with E-state index in [1.807, 2.05) is 25.3 Å². The SMILES string of the molecule is Cc1cnc(CNC(C)Cc2ccc(Cl)cc2)cn1. The second kappa shape index (κ2) is 6.64. The average Bonchev–Trinajstić information content (AvgIpc) is 2.41. The Balaban J connectivity index is 1.82. The maximum Gasteiger partial charge on any atom is 0.0724 e. The Hall–Kier alpha value is -1.45. The highest BCUT2D eigenvalue weighted by molar-refractivity contribution is 6.30. The van der Waals surface area contributed by atoms with E-state index in [9.17, 15) is 0 Å². The molecule has 0 aliphatic heterocycles. The van der Waals surface area contributed by atoms with Crippen molar-refractivity contribution in [1.29, 1.82) is 0 Å². The molecule has 1 atom stereocenters. The van der Waals surface area contributed by atoms with Gasteiger partial charge in [0, 0.05) is 30.0 Å². The van der Waals surface area contributed by atoms with Crippen LogP contribution in [0.15, 0.2) is 36.7 Å². The number of rotatable bonds is 5. The summed E-state index contributed by atoms with van der Waals surface area (Å²) in [6.45, 7) is 4.84. The Morgan fingerprint density at radius 1 is 1.16 bits per heavy atom. The predicted octanol–water partition coefficient (Wildman–Crippen LogP) is 3.16. The third kappa shape index (κ3) is 4.62. The Bertz CT molecular complexity index is 508. The fraction of sp³-hybridized carbons (Fsp3) is 0.333. The largest absolute Gasteiger partial charge is 0.308 e. The minimum absolute atomic E-state index is 0.379. The Morgan fingerprint density at radius 2 is 1.89 bits per heavy atom. The zero-order valence-corrected chi connectivity index (χ0v) is 12.0. The number of hydrogen-bond acceptors (Lipinski definition) is 3. The van der Waals surface area contributed by atoms with Crippen molar-refractivity contribution in [3.8, 4) is 0 Å². The van der Waals surface area contributed by atoms with Gasteiger partial charge < -0.3 is 5.32 Å². The third-order valence-electron chi connectivity index (χ3n) is 2.92. The second-order valence-electron chi connectivity index (χ2n) is 4.76. The maximum atomic E-state index is 5.87. The number of nitrogens with one attached hydrogen (secondary N) is 1. The Kier molecular flexibility index (Phi) is 4.88. The van der Waals surface area contributed by atoms with E-state index in [4.69, 9.17) is 11.6 Å². The molecule has 4 heteroatoms. The topological polar surface area (TPSA) is 37.8 Å². The standard InChI is InChI=1S/C15H18ClN3/c1-11(7-13-3-5-14(16)6-4-13)17-9-15-10-18-12(2)8-19-15/h3-6,8,10-11,17H,7,9H2,1-2H3. The lowest BCUT2D eigenvalue weighted by Gasteiger charge is -2.13. The van der Waals surface area contributed by atoms with Gasteiger partial charge in [0.1, 0.15) is 0 Å². The van der Waals surface area contributed by atoms with Crippen LogP contribution in [0.25, 0.3) is 0 Å². The second-order valence-corrected chi connectivity index (χ2v) is 5.20. The molecule has 0 fully saturated rings. The van der Waals surface area contributed by atoms with Crippen molar-refractivity contribution in [2.75, 3.05) is 0 Å². The molecule has 0 radical (unpaired) electrons. The van der Waals surface area contributed by atoms with Crippen LogP contribution in [-0.2, 0) is 13.0 Å². The number of nitrogens with zero attached hydrogens (tertiary/aromatic N) is 2. The lowest BCUT2D eigenvalue weighted by Crippen LogP contribution is -2.28. The van der Waals surface area contributed by atoms with Crippen LogP contribution in [0.1, 0.15) is 23.9 Å². The van der Waals surface area contributed by atoms with Crippen molar-refractivity contribution in [1.82, 2.24) is 15.3 Å². The molecule has 2 rings (SSSR count). The summed E-state index contributed by atoms with van der Waals surface area (Å²) in [6, 6.07) is 8.35. The van der Waals surface area contributed by atoms with Gasteiger partial charge in [-0.2, -0.15) is 0 Å². The first-order valence-corrected chi connectivity index (χ1v) is 6.76. The van der Waals surface area contributed by atoms with Crippen LogP contribution < -0.4 is 5.32 Å². The van der Waals surface area contributed by atoms with Crippen LogP contribution >= 0.6 is 11.6 Å². The molecule has 3 nitrogen and oxygen atoms in total. The highest BCUT2D eigenvalue weighted by Crippen LogP contribution is 2.11. The Labute approximate surface area is 119 Å². The lowest BCUT2D eigenvalue weighted by molar-refractivity contribution is 0.539. The third-order valence-corrected chi connectivity index (χ3v) is 3.17. The van der Waals surface area contributed by atoms with E-state index >= 15 is 0 Å². The zero-order chi connectivity index (χ0) is 13.7. The van der Waals surface area contributed by atoms with Crippen LogP contribution in [-0.4, -0.2) is 16.0 Å². The molecule has 0 amide bonds. The molecule has 1 aromatic carbocycles. The summed E-state index contributed by atoms with van der Waals surface area (Å²) >= 11 is 5.87. The summed E-state index contributed by atoms with van der Waals surface area (Å²) in [7, 11) is 0. The molecule has 100 valence electrons. The van der Waals surface area contributed by atoms with Crippen LogP contribution in [0, 0.1) is 6.92 Å². The van der Waals surface area contributed by atoms with Crippen LogP contribution in [0.2, 0.25) is 5.02 Å². The van der Waals surface area contributed by atoms with Crippen molar-refractivity contribution in [2.45, 2.75) is 32.9 Å². The summed E-state index contributed by atoms with van der Waals surface area (Å²) in [5.74, 6) is 0. The monoisotopic (exact) mass is 275 g/mol. The number of aryl methyl sites for hydroxylation is 1. The molecule has 19 heavy (non-hydrogen) atoms. The summed E-state index contributed by atoms with van der Waals surface area (Å²) in [6.07, 6.45) is 4.58. The molecule has 0 bridgehead atoms. The number of benzene rings is 1. The molecule has 1 N–H and O–H groups in total. The normalized spacial score (nSPS) is 12.4. The average molecular weight is 276 g/mol. The molecule has 0 saturated carbocycles. The molecule has 1 aromatic heterocycles. The molecule has 2 aromatic rings. The van der Waals surface area contributed by atoms with E-state index in [-0.39, 0.29) is 0 Å². The fourth-order valence-corrected chi connectivity index (χ4v) is 1.96. The minimum Gasteiger partial charge on any atom is -0.308 e. The van der Waals surface area contributed by atoms with E-state index in [0.29, 0.717) is 6.04 Å². The van der Waals surface area contributed by atoms with E-state index in [2.05, 4.69) is 34.3 Å². The van der Waals surface area contributed by atoms with E-state index < -0.39 is 0 Å². The number of hydrogen-bond donors (Lipinski definition) is 1. The summed E-state index contributed by atoms with van der Waals surface area (Å²) in [5, 5.41) is 4.22. The Morgan fingerprint density at radius 3 is 2.53 bits per heavy atom. The van der Waals surface area contributed by atoms with E-state index in [1.165, 1.54) is 5.56 Å². The summed E-state index contributed by atoms with van der Waals surface area (Å²) < 4.78 is 0. The van der Waals surface area contributed by atoms with Gasteiger partial charge in [-0.05, 0) is 38.0 Å². The molecular formula is C15H18ClN3. The molecule has 1 unspecified atom stereocenters. The molecule has 1 heterocycles. The van der Waals surface area contributed by atoms with E-state index in [1.54, 1.807) is 6.20 Å². The predicted molar refractivity (Wildman–Crippen MR) is 78.2 cm³/mol. The lowest BCUT2D eigenvalue weighted by atomic mass is 10.1. The minimum atomic E-state index is 0.379. The maximum absolute atomic E-state index is 5.87. The van der Waals surface area contributed by atoms with Crippen molar-refractivity contribution in [3.05, 3.63) is 58.6 Å². The molecule has 0 spiro atoms. The first kappa shape index (κ1) is 14.0. The van der Waals surface area contributed by atoms with Gasteiger partial charge in [-0.1, -0.05) is 23.7 Å². The fourth-order valence-electron chi connectivity index (χ4n) is 1.84. The summed E-state index contributed by atoms with van der Waals surface area (Å²) in [4.78, 5) is 8.56. The first-order valence-electron chi connectivity index (χ1n) is 6.39. The van der Waals surface area contributed by atoms with Gasteiger partial charge in [0.15, 0.2) is 0 Å². The van der Waals surface area contributed by atoms with Gasteiger partial charge in [-0.25, -0.2) is 0 Å². The van der Waals surface area contributed by atoms with Crippen molar-refractivity contribution in [3.63, 3.8) is 0 Å². The van der Waals surface area contributed by atoms with Crippen molar-refractivity contribution < 1.29 is 0 Å². The van der Waals surface area contributed by atoms with Crippen LogP contribution in [0.4, 0.5) is 0 Å². The smallest absolute Gasteiger partial charge is 0.0724 e. The zero-order valence-electron chi connectivity index (χ0n) is 11.2. The van der Waals surface area contributed by atoms with Gasteiger partial charge >= 0.3 is 0 Å². The quantitative estimate of drug-likeness (QED) is 0.911. The number of halogens is 1. The van der Waals surface area contributed by atoms with Crippen molar-refractivity contribution in [2.24, 2.45) is 0 Å².